The van der Waals surface area contributed by atoms with Crippen molar-refractivity contribution in [3.63, 3.8) is 0 Å². The zero-order valence-electron chi connectivity index (χ0n) is 14.3. The number of aromatic nitrogens is 1. The van der Waals surface area contributed by atoms with E-state index in [9.17, 15) is 9.59 Å². The third kappa shape index (κ3) is 2.82. The second-order valence-electron chi connectivity index (χ2n) is 6.43. The van der Waals surface area contributed by atoms with Crippen LogP contribution in [0.5, 0.6) is 0 Å². The van der Waals surface area contributed by atoms with Gasteiger partial charge in [-0.25, -0.2) is 0 Å². The molecular weight excluding hydrogens is 302 g/mol. The quantitative estimate of drug-likeness (QED) is 0.942. The maximum Gasteiger partial charge on any atom is 0.271 e. The average molecular weight is 325 g/mol. The van der Waals surface area contributed by atoms with Crippen LogP contribution >= 0.6 is 0 Å². The van der Waals surface area contributed by atoms with E-state index >= 15 is 0 Å². The van der Waals surface area contributed by atoms with Gasteiger partial charge >= 0.3 is 0 Å². The van der Waals surface area contributed by atoms with Crippen molar-refractivity contribution in [3.05, 3.63) is 59.4 Å². The van der Waals surface area contributed by atoms with E-state index in [1.807, 2.05) is 61.0 Å². The Morgan fingerprint density at radius 3 is 2.50 bits per heavy atom. The molecule has 1 N–H and O–H groups in total. The van der Waals surface area contributed by atoms with Crippen LogP contribution in [0, 0.1) is 0 Å². The van der Waals surface area contributed by atoms with E-state index in [2.05, 4.69) is 5.32 Å². The third-order valence-electron chi connectivity index (χ3n) is 4.61. The fourth-order valence-electron chi connectivity index (χ4n) is 3.31. The molecule has 2 aromatic rings. The predicted molar refractivity (Wildman–Crippen MR) is 92.7 cm³/mol. The molecule has 1 aliphatic heterocycles. The van der Waals surface area contributed by atoms with Crippen LogP contribution < -0.4 is 5.32 Å². The van der Waals surface area contributed by atoms with Crippen molar-refractivity contribution in [2.45, 2.75) is 38.9 Å². The summed E-state index contributed by atoms with van der Waals surface area (Å²) >= 11 is 0. The lowest BCUT2D eigenvalue weighted by Gasteiger charge is -2.36. The normalized spacial score (nSPS) is 16.8. The van der Waals surface area contributed by atoms with Gasteiger partial charge in [0, 0.05) is 32.3 Å². The number of rotatable bonds is 3. The van der Waals surface area contributed by atoms with E-state index in [0.29, 0.717) is 18.7 Å². The summed E-state index contributed by atoms with van der Waals surface area (Å²) in [4.78, 5) is 27.2. The van der Waals surface area contributed by atoms with Crippen molar-refractivity contribution in [1.29, 1.82) is 0 Å². The van der Waals surface area contributed by atoms with Gasteiger partial charge < -0.3 is 14.8 Å². The third-order valence-corrected chi connectivity index (χ3v) is 4.61. The van der Waals surface area contributed by atoms with Gasteiger partial charge in [-0.15, -0.1) is 0 Å². The highest BCUT2D eigenvalue weighted by Gasteiger charge is 2.35. The molecule has 1 atom stereocenters. The number of hydrogen-bond donors (Lipinski definition) is 1. The summed E-state index contributed by atoms with van der Waals surface area (Å²) in [5.41, 5.74) is 2.86. The Kier molecular flexibility index (Phi) is 4.42. The number of nitrogens with one attached hydrogen (secondary N) is 1. The first-order chi connectivity index (χ1) is 11.5. The molecule has 3 rings (SSSR count). The summed E-state index contributed by atoms with van der Waals surface area (Å²) in [6.45, 7) is 4.54. The summed E-state index contributed by atoms with van der Waals surface area (Å²) < 4.78 is 1.95. The number of amides is 2. The average Bonchev–Trinajstić information content (AvgIpc) is 3.09. The topological polar surface area (TPSA) is 54.3 Å². The summed E-state index contributed by atoms with van der Waals surface area (Å²) in [6, 6.07) is 11.4. The number of hydrogen-bond acceptors (Lipinski definition) is 2. The van der Waals surface area contributed by atoms with Gasteiger partial charge in [-0.2, -0.15) is 0 Å². The largest absolute Gasteiger partial charge is 0.357 e. The van der Waals surface area contributed by atoms with Gasteiger partial charge in [-0.1, -0.05) is 24.3 Å². The van der Waals surface area contributed by atoms with Gasteiger partial charge in [0.25, 0.3) is 5.91 Å². The Hall–Kier alpha value is -2.56. The summed E-state index contributed by atoms with van der Waals surface area (Å²) in [6.07, 6.45) is 2.45. The monoisotopic (exact) mass is 325 g/mol. The Morgan fingerprint density at radius 2 is 1.83 bits per heavy atom. The molecule has 0 saturated carbocycles. The smallest absolute Gasteiger partial charge is 0.271 e. The lowest BCUT2D eigenvalue weighted by molar-refractivity contribution is -0.125. The molecule has 1 aromatic carbocycles. The summed E-state index contributed by atoms with van der Waals surface area (Å²) in [5.74, 6) is -0.225. The van der Waals surface area contributed by atoms with Crippen LogP contribution in [0.2, 0.25) is 0 Å². The van der Waals surface area contributed by atoms with Crippen molar-refractivity contribution >= 4 is 11.8 Å². The molecule has 5 nitrogen and oxygen atoms in total. The van der Waals surface area contributed by atoms with Crippen LogP contribution in [-0.4, -0.2) is 34.4 Å². The molecule has 1 aromatic heterocycles. The second kappa shape index (κ2) is 6.51. The highest BCUT2D eigenvalue weighted by atomic mass is 16.2. The molecule has 1 aliphatic rings. The van der Waals surface area contributed by atoms with Gasteiger partial charge in [0.05, 0.1) is 0 Å². The molecule has 0 fully saturated rings. The van der Waals surface area contributed by atoms with Crippen LogP contribution in [0.4, 0.5) is 0 Å². The minimum absolute atomic E-state index is 0.100. The molecule has 0 aliphatic carbocycles. The fourth-order valence-corrected chi connectivity index (χ4v) is 3.31. The van der Waals surface area contributed by atoms with Gasteiger partial charge in [-0.3, -0.25) is 9.59 Å². The molecule has 2 amide bonds. The molecule has 24 heavy (non-hydrogen) atoms. The Balaban J connectivity index is 1.98. The predicted octanol–water partition coefficient (Wildman–Crippen LogP) is 2.38. The molecule has 2 heterocycles. The maximum atomic E-state index is 13.2. The van der Waals surface area contributed by atoms with Crippen molar-refractivity contribution in [3.8, 4) is 0 Å². The summed E-state index contributed by atoms with van der Waals surface area (Å²) in [5, 5.41) is 2.69. The van der Waals surface area contributed by atoms with Crippen LogP contribution in [0.3, 0.4) is 0 Å². The zero-order chi connectivity index (χ0) is 17.3. The molecule has 5 heteroatoms. The van der Waals surface area contributed by atoms with Crippen LogP contribution in [0.1, 0.15) is 41.5 Å². The first-order valence-corrected chi connectivity index (χ1v) is 8.29. The van der Waals surface area contributed by atoms with Crippen molar-refractivity contribution < 1.29 is 9.59 Å². The van der Waals surface area contributed by atoms with Gasteiger partial charge in [0.2, 0.25) is 5.91 Å². The van der Waals surface area contributed by atoms with Crippen molar-refractivity contribution in [2.24, 2.45) is 0 Å². The maximum absolute atomic E-state index is 13.2. The molecular formula is C19H23N3O2. The lowest BCUT2D eigenvalue weighted by atomic mass is 9.93. The van der Waals surface area contributed by atoms with Gasteiger partial charge in [-0.05, 0) is 37.1 Å². The van der Waals surface area contributed by atoms with Gasteiger partial charge in [0.15, 0.2) is 0 Å². The Morgan fingerprint density at radius 1 is 1.12 bits per heavy atom. The van der Waals surface area contributed by atoms with E-state index in [1.54, 1.807) is 11.9 Å². The lowest BCUT2D eigenvalue weighted by Crippen LogP contribution is -2.52. The van der Waals surface area contributed by atoms with E-state index in [-0.39, 0.29) is 17.9 Å². The zero-order valence-corrected chi connectivity index (χ0v) is 14.3. The van der Waals surface area contributed by atoms with Crippen LogP contribution in [0.25, 0.3) is 0 Å². The first-order valence-electron chi connectivity index (χ1n) is 8.29. The number of nitrogens with zero attached hydrogens (tertiary/aromatic N) is 2. The van der Waals surface area contributed by atoms with E-state index in [4.69, 9.17) is 0 Å². The second-order valence-corrected chi connectivity index (χ2v) is 6.43. The van der Waals surface area contributed by atoms with Crippen LogP contribution in [-0.2, 0) is 17.8 Å². The Labute approximate surface area is 142 Å². The highest BCUT2D eigenvalue weighted by Crippen LogP contribution is 2.26. The molecule has 0 unspecified atom stereocenters. The standard InChI is InChI=1S/C19H23N3O2/c1-13(2)21-10-6-9-16(21)19(24)22-12-15-8-5-4-7-14(15)11-17(22)18(23)20-3/h4-10,13,17H,11-12H2,1-3H3,(H,20,23)/t17-/m0/s1. The van der Waals surface area contributed by atoms with Gasteiger partial charge in [0.1, 0.15) is 11.7 Å². The van der Waals surface area contributed by atoms with Crippen molar-refractivity contribution in [1.82, 2.24) is 14.8 Å². The number of carbonyl (C=O) groups is 2. The molecule has 0 spiro atoms. The SMILES string of the molecule is CNC(=O)[C@@H]1Cc2ccccc2CN1C(=O)c1cccn1C(C)C. The fraction of sp³-hybridized carbons (Fsp3) is 0.368. The number of benzene rings is 1. The number of carbonyl (C=O) groups excluding carboxylic acids is 2. The molecule has 126 valence electrons. The summed E-state index contributed by atoms with van der Waals surface area (Å²) in [7, 11) is 1.61. The van der Waals surface area contributed by atoms with Crippen LogP contribution in [0.15, 0.2) is 42.6 Å². The molecule has 0 radical (unpaired) electrons. The van der Waals surface area contributed by atoms with E-state index < -0.39 is 6.04 Å². The van der Waals surface area contributed by atoms with E-state index in [0.717, 1.165) is 11.1 Å². The number of likely N-dealkylation sites (N-methyl/N-ethyl adjacent to an activating group) is 1. The minimum atomic E-state index is -0.479. The highest BCUT2D eigenvalue weighted by molar-refractivity contribution is 5.97. The molecule has 0 bridgehead atoms. The minimum Gasteiger partial charge on any atom is -0.357 e. The Bertz CT molecular complexity index is 763. The first kappa shape index (κ1) is 16.3. The van der Waals surface area contributed by atoms with Crippen molar-refractivity contribution in [2.75, 3.05) is 7.05 Å². The number of fused-ring (bicyclic) bond motifs is 1. The molecule has 0 saturated heterocycles. The van der Waals surface area contributed by atoms with E-state index in [1.165, 1.54) is 0 Å².